The number of sulfonamides is 1. The van der Waals surface area contributed by atoms with Gasteiger partial charge in [-0.15, -0.1) is 0 Å². The van der Waals surface area contributed by atoms with E-state index in [1.54, 1.807) is 11.8 Å². The summed E-state index contributed by atoms with van der Waals surface area (Å²) >= 11 is 0. The maximum atomic E-state index is 13.2. The third-order valence-corrected chi connectivity index (χ3v) is 5.78. The molecule has 1 aromatic rings. The zero-order valence-electron chi connectivity index (χ0n) is 14.9. The van der Waals surface area contributed by atoms with Gasteiger partial charge < -0.3 is 10.6 Å². The second kappa shape index (κ2) is 8.03. The van der Waals surface area contributed by atoms with Crippen molar-refractivity contribution in [1.29, 1.82) is 0 Å². The van der Waals surface area contributed by atoms with Gasteiger partial charge in [0.2, 0.25) is 21.8 Å². The molecule has 0 spiro atoms. The summed E-state index contributed by atoms with van der Waals surface area (Å²) in [6, 6.07) is 4.06. The maximum absolute atomic E-state index is 13.2. The molecule has 2 N–H and O–H groups in total. The first-order valence-electron chi connectivity index (χ1n) is 8.48. The highest BCUT2D eigenvalue weighted by molar-refractivity contribution is 7.92. The van der Waals surface area contributed by atoms with Gasteiger partial charge in [0.05, 0.1) is 11.9 Å². The summed E-state index contributed by atoms with van der Waals surface area (Å²) in [6.07, 6.45) is 2.21. The fraction of sp³-hybridized carbons (Fsp3) is 0.529. The lowest BCUT2D eigenvalue weighted by Crippen LogP contribution is -2.53. The first kappa shape index (κ1) is 20.2. The number of rotatable bonds is 6. The molecule has 7 nitrogen and oxygen atoms in total. The topological polar surface area (TPSA) is 101 Å². The van der Waals surface area contributed by atoms with E-state index in [2.05, 4.69) is 0 Å². The number of halogens is 1. The first-order valence-corrected chi connectivity index (χ1v) is 10.3. The smallest absolute Gasteiger partial charge is 0.246 e. The maximum Gasteiger partial charge on any atom is 0.246 e. The van der Waals surface area contributed by atoms with Crippen LogP contribution in [0.1, 0.15) is 26.2 Å². The van der Waals surface area contributed by atoms with Crippen molar-refractivity contribution in [3.05, 3.63) is 30.1 Å². The minimum Gasteiger partial charge on any atom is -0.369 e. The normalized spacial score (nSPS) is 17.0. The molecule has 0 radical (unpaired) electrons. The van der Waals surface area contributed by atoms with Gasteiger partial charge in [-0.05, 0) is 43.5 Å². The highest BCUT2D eigenvalue weighted by Crippen LogP contribution is 2.25. The Hall–Kier alpha value is -2.16. The van der Waals surface area contributed by atoms with Gasteiger partial charge in [-0.25, -0.2) is 12.8 Å². The molecule has 0 unspecified atom stereocenters. The van der Waals surface area contributed by atoms with Crippen molar-refractivity contribution in [2.45, 2.75) is 32.2 Å². The highest BCUT2D eigenvalue weighted by Gasteiger charge is 2.36. The van der Waals surface area contributed by atoms with Crippen LogP contribution in [0, 0.1) is 11.7 Å². The molecule has 26 heavy (non-hydrogen) atoms. The average Bonchev–Trinajstić information content (AvgIpc) is 2.59. The molecule has 2 amide bonds. The molecule has 2 rings (SSSR count). The van der Waals surface area contributed by atoms with E-state index in [-0.39, 0.29) is 29.8 Å². The molecule has 0 aromatic heterocycles. The number of likely N-dealkylation sites (tertiary alicyclic amines) is 1. The fourth-order valence-electron chi connectivity index (χ4n) is 3.23. The van der Waals surface area contributed by atoms with Crippen LogP contribution in [0.5, 0.6) is 0 Å². The number of benzene rings is 1. The fourth-order valence-corrected chi connectivity index (χ4v) is 4.43. The standard InChI is InChI=1S/C17H24FN3O4S/c1-3-15(17(23)20-10-8-12(9-11-20)16(19)22)21(26(2,24)25)14-6-4-13(18)5-7-14/h4-7,12,15H,3,8-11H2,1-2H3,(H2,19,22)/t15-/m1/s1. The van der Waals surface area contributed by atoms with E-state index in [1.807, 2.05) is 0 Å². The largest absolute Gasteiger partial charge is 0.369 e. The number of carbonyl (C=O) groups excluding carboxylic acids is 2. The SMILES string of the molecule is CC[C@H](C(=O)N1CCC(C(N)=O)CC1)N(c1ccc(F)cc1)S(C)(=O)=O. The molecule has 1 aromatic carbocycles. The third kappa shape index (κ3) is 4.51. The van der Waals surface area contributed by atoms with Crippen LogP contribution in [0.2, 0.25) is 0 Å². The second-order valence-corrected chi connectivity index (χ2v) is 8.32. The molecule has 0 bridgehead atoms. The number of carbonyl (C=O) groups is 2. The predicted molar refractivity (Wildman–Crippen MR) is 96.3 cm³/mol. The highest BCUT2D eigenvalue weighted by atomic mass is 32.2. The van der Waals surface area contributed by atoms with Crippen molar-refractivity contribution in [3.63, 3.8) is 0 Å². The van der Waals surface area contributed by atoms with Gasteiger partial charge in [0, 0.05) is 19.0 Å². The Kier molecular flexibility index (Phi) is 6.22. The van der Waals surface area contributed by atoms with Gasteiger partial charge in [0.1, 0.15) is 11.9 Å². The van der Waals surface area contributed by atoms with Crippen molar-refractivity contribution in [2.75, 3.05) is 23.7 Å². The van der Waals surface area contributed by atoms with Gasteiger partial charge in [0.15, 0.2) is 0 Å². The summed E-state index contributed by atoms with van der Waals surface area (Å²) in [5.41, 5.74) is 5.54. The Bertz CT molecular complexity index is 759. The molecule has 1 heterocycles. The van der Waals surface area contributed by atoms with Crippen LogP contribution in [-0.2, 0) is 19.6 Å². The van der Waals surface area contributed by atoms with Gasteiger partial charge >= 0.3 is 0 Å². The van der Waals surface area contributed by atoms with Crippen LogP contribution in [0.15, 0.2) is 24.3 Å². The Morgan fingerprint density at radius 2 is 1.81 bits per heavy atom. The van der Waals surface area contributed by atoms with E-state index < -0.39 is 21.9 Å². The number of piperidine rings is 1. The van der Waals surface area contributed by atoms with Crippen LogP contribution >= 0.6 is 0 Å². The lowest BCUT2D eigenvalue weighted by Gasteiger charge is -2.37. The number of nitrogens with two attached hydrogens (primary N) is 1. The zero-order chi connectivity index (χ0) is 19.5. The summed E-state index contributed by atoms with van der Waals surface area (Å²) in [5.74, 6) is -1.46. The molecule has 1 fully saturated rings. The molecule has 9 heteroatoms. The van der Waals surface area contributed by atoms with E-state index in [4.69, 9.17) is 5.73 Å². The molecular formula is C17H24FN3O4S. The number of amides is 2. The molecule has 1 saturated heterocycles. The second-order valence-electron chi connectivity index (χ2n) is 6.46. The van der Waals surface area contributed by atoms with Gasteiger partial charge in [-0.2, -0.15) is 0 Å². The van der Waals surface area contributed by atoms with Gasteiger partial charge in [-0.3, -0.25) is 13.9 Å². The van der Waals surface area contributed by atoms with Crippen LogP contribution in [0.4, 0.5) is 10.1 Å². The lowest BCUT2D eigenvalue weighted by atomic mass is 9.95. The number of hydrogen-bond donors (Lipinski definition) is 1. The minimum absolute atomic E-state index is 0.237. The predicted octanol–water partition coefficient (Wildman–Crippen LogP) is 1.09. The van der Waals surface area contributed by atoms with Crippen molar-refractivity contribution in [2.24, 2.45) is 11.7 Å². The van der Waals surface area contributed by atoms with Crippen molar-refractivity contribution < 1.29 is 22.4 Å². The Morgan fingerprint density at radius 3 is 2.23 bits per heavy atom. The molecule has 1 aliphatic heterocycles. The molecule has 1 atom stereocenters. The monoisotopic (exact) mass is 385 g/mol. The summed E-state index contributed by atoms with van der Waals surface area (Å²) in [7, 11) is -3.76. The summed E-state index contributed by atoms with van der Waals surface area (Å²) in [6.45, 7) is 2.42. The van der Waals surface area contributed by atoms with Crippen LogP contribution in [0.25, 0.3) is 0 Å². The molecule has 0 saturated carbocycles. The van der Waals surface area contributed by atoms with Crippen LogP contribution < -0.4 is 10.0 Å². The van der Waals surface area contributed by atoms with Crippen LogP contribution in [0.3, 0.4) is 0 Å². The Labute approximate surface area is 153 Å². The van der Waals surface area contributed by atoms with Crippen molar-refractivity contribution in [3.8, 4) is 0 Å². The van der Waals surface area contributed by atoms with E-state index in [1.165, 1.54) is 12.1 Å². The van der Waals surface area contributed by atoms with E-state index >= 15 is 0 Å². The molecule has 1 aliphatic rings. The third-order valence-electron chi connectivity index (χ3n) is 4.60. The van der Waals surface area contributed by atoms with E-state index in [0.29, 0.717) is 25.9 Å². The minimum atomic E-state index is -3.76. The summed E-state index contributed by atoms with van der Waals surface area (Å²) < 4.78 is 38.9. The Balaban J connectivity index is 2.26. The zero-order valence-corrected chi connectivity index (χ0v) is 15.7. The average molecular weight is 385 g/mol. The van der Waals surface area contributed by atoms with E-state index in [0.717, 1.165) is 22.7 Å². The number of primary amides is 1. The number of hydrogen-bond acceptors (Lipinski definition) is 4. The van der Waals surface area contributed by atoms with E-state index in [9.17, 15) is 22.4 Å². The van der Waals surface area contributed by atoms with Crippen molar-refractivity contribution >= 4 is 27.5 Å². The molecule has 144 valence electrons. The summed E-state index contributed by atoms with van der Waals surface area (Å²) in [4.78, 5) is 25.8. The summed E-state index contributed by atoms with van der Waals surface area (Å²) in [5, 5.41) is 0. The first-order chi connectivity index (χ1) is 12.1. The van der Waals surface area contributed by atoms with Crippen LogP contribution in [-0.4, -0.2) is 50.5 Å². The lowest BCUT2D eigenvalue weighted by molar-refractivity contribution is -0.135. The molecule has 0 aliphatic carbocycles. The van der Waals surface area contributed by atoms with Gasteiger partial charge in [-0.1, -0.05) is 6.92 Å². The molecular weight excluding hydrogens is 361 g/mol. The Morgan fingerprint density at radius 1 is 1.27 bits per heavy atom. The van der Waals surface area contributed by atoms with Crippen molar-refractivity contribution in [1.82, 2.24) is 4.90 Å². The number of nitrogens with zero attached hydrogens (tertiary/aromatic N) is 2. The van der Waals surface area contributed by atoms with Gasteiger partial charge in [0.25, 0.3) is 0 Å². The quantitative estimate of drug-likeness (QED) is 0.792. The number of anilines is 1.